The Kier molecular flexibility index (Phi) is 3.89. The maximum absolute atomic E-state index is 5.85. The molecule has 0 radical (unpaired) electrons. The quantitative estimate of drug-likeness (QED) is 0.655. The van der Waals surface area contributed by atoms with Crippen LogP contribution in [-0.4, -0.2) is 7.11 Å². The molecular formula is C15H18N4O. The van der Waals surface area contributed by atoms with Gasteiger partial charge in [-0.2, -0.15) is 5.11 Å². The van der Waals surface area contributed by atoms with Crippen LogP contribution in [0.15, 0.2) is 40.6 Å². The number of methoxy groups -OCH3 is 1. The van der Waals surface area contributed by atoms with E-state index in [1.54, 1.807) is 25.3 Å². The Morgan fingerprint density at radius 1 is 0.900 bits per heavy atom. The molecule has 0 bridgehead atoms. The number of benzene rings is 2. The number of anilines is 2. The Labute approximate surface area is 118 Å². The van der Waals surface area contributed by atoms with Gasteiger partial charge in [-0.15, -0.1) is 5.11 Å². The topological polar surface area (TPSA) is 86.0 Å². The molecule has 2 aromatic carbocycles. The zero-order valence-corrected chi connectivity index (χ0v) is 11.8. The minimum atomic E-state index is 0.596. The molecule has 0 unspecified atom stereocenters. The molecule has 0 saturated heterocycles. The summed E-state index contributed by atoms with van der Waals surface area (Å²) in [5.41, 5.74) is 16.3. The number of nitrogens with zero attached hydrogens (tertiary/aromatic N) is 2. The third-order valence-electron chi connectivity index (χ3n) is 3.05. The average Bonchev–Trinajstić information content (AvgIpc) is 2.42. The standard InChI is InChI=1S/C15H18N4O/c1-9-7-14(10(2)6-12(9)17)19-18-13-5-4-11(16)8-15(13)20-3/h4-8H,16-17H2,1-3H3. The fraction of sp³-hybridized carbons (Fsp3) is 0.200. The Balaban J connectivity index is 2.37. The fourth-order valence-corrected chi connectivity index (χ4v) is 1.82. The summed E-state index contributed by atoms with van der Waals surface area (Å²) in [6, 6.07) is 9.06. The molecule has 0 fully saturated rings. The summed E-state index contributed by atoms with van der Waals surface area (Å²) in [6.07, 6.45) is 0. The first-order chi connectivity index (χ1) is 9.51. The number of aryl methyl sites for hydroxylation is 2. The van der Waals surface area contributed by atoms with Gasteiger partial charge in [-0.25, -0.2) is 0 Å². The van der Waals surface area contributed by atoms with Crippen molar-refractivity contribution in [2.45, 2.75) is 13.8 Å². The van der Waals surface area contributed by atoms with Crippen LogP contribution in [0.25, 0.3) is 0 Å². The molecule has 0 spiro atoms. The highest BCUT2D eigenvalue weighted by Crippen LogP contribution is 2.32. The summed E-state index contributed by atoms with van der Waals surface area (Å²) >= 11 is 0. The van der Waals surface area contributed by atoms with Crippen LogP contribution in [-0.2, 0) is 0 Å². The maximum Gasteiger partial charge on any atom is 0.148 e. The van der Waals surface area contributed by atoms with E-state index in [0.717, 1.165) is 22.5 Å². The van der Waals surface area contributed by atoms with Gasteiger partial charge in [-0.05, 0) is 49.2 Å². The highest BCUT2D eigenvalue weighted by molar-refractivity contribution is 5.61. The van der Waals surface area contributed by atoms with Gasteiger partial charge in [0.2, 0.25) is 0 Å². The largest absolute Gasteiger partial charge is 0.494 e. The molecule has 0 aliphatic rings. The molecule has 104 valence electrons. The second-order valence-electron chi connectivity index (χ2n) is 4.63. The van der Waals surface area contributed by atoms with Gasteiger partial charge >= 0.3 is 0 Å². The van der Waals surface area contributed by atoms with Gasteiger partial charge < -0.3 is 16.2 Å². The van der Waals surface area contributed by atoms with Gasteiger partial charge in [0.25, 0.3) is 0 Å². The van der Waals surface area contributed by atoms with E-state index >= 15 is 0 Å². The van der Waals surface area contributed by atoms with Gasteiger partial charge in [0.05, 0.1) is 12.8 Å². The van der Waals surface area contributed by atoms with Crippen LogP contribution in [0.3, 0.4) is 0 Å². The molecule has 0 saturated carbocycles. The van der Waals surface area contributed by atoms with Crippen LogP contribution in [0.4, 0.5) is 22.7 Å². The molecule has 20 heavy (non-hydrogen) atoms. The normalized spacial score (nSPS) is 10.9. The first-order valence-electron chi connectivity index (χ1n) is 6.23. The van der Waals surface area contributed by atoms with E-state index in [1.807, 2.05) is 26.0 Å². The Morgan fingerprint density at radius 3 is 2.30 bits per heavy atom. The van der Waals surface area contributed by atoms with Crippen molar-refractivity contribution in [3.63, 3.8) is 0 Å². The first-order valence-corrected chi connectivity index (χ1v) is 6.23. The molecule has 4 N–H and O–H groups in total. The van der Waals surface area contributed by atoms with Gasteiger partial charge in [0.15, 0.2) is 0 Å². The van der Waals surface area contributed by atoms with Crippen LogP contribution >= 0.6 is 0 Å². The summed E-state index contributed by atoms with van der Waals surface area (Å²) in [5, 5.41) is 8.49. The Bertz CT molecular complexity index is 665. The Hall–Kier alpha value is -2.56. The highest BCUT2D eigenvalue weighted by atomic mass is 16.5. The predicted molar refractivity (Wildman–Crippen MR) is 81.9 cm³/mol. The van der Waals surface area contributed by atoms with Gasteiger partial charge in [-0.1, -0.05) is 0 Å². The van der Waals surface area contributed by atoms with E-state index in [0.29, 0.717) is 17.1 Å². The molecule has 0 heterocycles. The number of hydrogen-bond acceptors (Lipinski definition) is 5. The molecule has 0 aliphatic heterocycles. The number of nitrogen functional groups attached to an aromatic ring is 2. The summed E-state index contributed by atoms with van der Waals surface area (Å²) < 4.78 is 5.23. The Morgan fingerprint density at radius 2 is 1.60 bits per heavy atom. The number of ether oxygens (including phenoxy) is 1. The van der Waals surface area contributed by atoms with E-state index in [1.165, 1.54) is 0 Å². The molecule has 5 heteroatoms. The van der Waals surface area contributed by atoms with E-state index in [9.17, 15) is 0 Å². The van der Waals surface area contributed by atoms with E-state index < -0.39 is 0 Å². The third-order valence-corrected chi connectivity index (χ3v) is 3.05. The minimum Gasteiger partial charge on any atom is -0.494 e. The molecule has 0 atom stereocenters. The average molecular weight is 270 g/mol. The lowest BCUT2D eigenvalue weighted by molar-refractivity contribution is 0.416. The third kappa shape index (κ3) is 2.88. The molecule has 0 aromatic heterocycles. The summed E-state index contributed by atoms with van der Waals surface area (Å²) in [4.78, 5) is 0. The number of azo groups is 1. The maximum atomic E-state index is 5.85. The van der Waals surface area contributed by atoms with Gasteiger partial charge in [0, 0.05) is 17.4 Å². The minimum absolute atomic E-state index is 0.596. The van der Waals surface area contributed by atoms with Crippen molar-refractivity contribution in [2.24, 2.45) is 10.2 Å². The van der Waals surface area contributed by atoms with Crippen molar-refractivity contribution in [1.82, 2.24) is 0 Å². The van der Waals surface area contributed by atoms with Gasteiger partial charge in [0.1, 0.15) is 11.4 Å². The number of rotatable bonds is 3. The monoisotopic (exact) mass is 270 g/mol. The number of nitrogens with two attached hydrogens (primary N) is 2. The lowest BCUT2D eigenvalue weighted by Crippen LogP contribution is -1.90. The molecule has 2 aromatic rings. The first kappa shape index (κ1) is 13.9. The molecule has 0 amide bonds. The SMILES string of the molecule is COc1cc(N)ccc1N=Nc1cc(C)c(N)cc1C. The second kappa shape index (κ2) is 5.61. The van der Waals surface area contributed by atoms with Gasteiger partial charge in [-0.3, -0.25) is 0 Å². The van der Waals surface area contributed by atoms with Crippen molar-refractivity contribution < 1.29 is 4.74 Å². The van der Waals surface area contributed by atoms with Crippen LogP contribution in [0, 0.1) is 13.8 Å². The lowest BCUT2D eigenvalue weighted by atomic mass is 10.1. The summed E-state index contributed by atoms with van der Waals surface area (Å²) in [6.45, 7) is 3.89. The zero-order chi connectivity index (χ0) is 14.7. The van der Waals surface area contributed by atoms with Crippen molar-refractivity contribution >= 4 is 22.7 Å². The van der Waals surface area contributed by atoms with Crippen LogP contribution < -0.4 is 16.2 Å². The molecule has 5 nitrogen and oxygen atoms in total. The lowest BCUT2D eigenvalue weighted by Gasteiger charge is -2.06. The summed E-state index contributed by atoms with van der Waals surface area (Å²) in [5.74, 6) is 0.596. The van der Waals surface area contributed by atoms with E-state index in [-0.39, 0.29) is 0 Å². The van der Waals surface area contributed by atoms with Crippen molar-refractivity contribution in [1.29, 1.82) is 0 Å². The fourth-order valence-electron chi connectivity index (χ4n) is 1.82. The highest BCUT2D eigenvalue weighted by Gasteiger charge is 2.04. The van der Waals surface area contributed by atoms with Crippen molar-refractivity contribution in [2.75, 3.05) is 18.6 Å². The molecule has 2 rings (SSSR count). The number of hydrogen-bond donors (Lipinski definition) is 2. The van der Waals surface area contributed by atoms with Crippen molar-refractivity contribution in [3.05, 3.63) is 41.5 Å². The van der Waals surface area contributed by atoms with Crippen LogP contribution in [0.1, 0.15) is 11.1 Å². The molecular weight excluding hydrogens is 252 g/mol. The predicted octanol–water partition coefficient (Wildman–Crippen LogP) is 3.89. The van der Waals surface area contributed by atoms with E-state index in [2.05, 4.69) is 10.2 Å². The molecule has 0 aliphatic carbocycles. The van der Waals surface area contributed by atoms with Crippen LogP contribution in [0.2, 0.25) is 0 Å². The smallest absolute Gasteiger partial charge is 0.148 e. The van der Waals surface area contributed by atoms with E-state index in [4.69, 9.17) is 16.2 Å². The summed E-state index contributed by atoms with van der Waals surface area (Å²) in [7, 11) is 1.58. The zero-order valence-electron chi connectivity index (χ0n) is 11.8. The van der Waals surface area contributed by atoms with Crippen molar-refractivity contribution in [3.8, 4) is 5.75 Å². The van der Waals surface area contributed by atoms with Crippen LogP contribution in [0.5, 0.6) is 5.75 Å². The second-order valence-corrected chi connectivity index (χ2v) is 4.63.